The Hall–Kier alpha value is -6.70. The highest BCUT2D eigenvalue weighted by molar-refractivity contribution is 6.26. The molecule has 0 radical (unpaired) electrons. The zero-order valence-electron chi connectivity index (χ0n) is 32.5. The van der Waals surface area contributed by atoms with Gasteiger partial charge in [-0.1, -0.05) is 194 Å². The first-order valence-corrected chi connectivity index (χ1v) is 17.1. The van der Waals surface area contributed by atoms with E-state index in [1.165, 1.54) is 0 Å². The second-order valence-electron chi connectivity index (χ2n) is 12.8. The first-order chi connectivity index (χ1) is 27.4. The van der Waals surface area contributed by atoms with Crippen molar-refractivity contribution in [2.24, 2.45) is 0 Å². The summed E-state index contributed by atoms with van der Waals surface area (Å²) in [6, 6.07) is 55.0. The van der Waals surface area contributed by atoms with Gasteiger partial charge >= 0.3 is 0 Å². The highest BCUT2D eigenvalue weighted by atomic mass is 16.3. The molecule has 10 aromatic rings. The maximum absolute atomic E-state index is 8.76. The van der Waals surface area contributed by atoms with E-state index in [0.29, 0.717) is 16.7 Å². The van der Waals surface area contributed by atoms with Crippen LogP contribution in [-0.4, -0.2) is 0 Å². The molecule has 51 heavy (non-hydrogen) atoms. The number of hydrogen-bond donors (Lipinski definition) is 0. The second-order valence-corrected chi connectivity index (χ2v) is 12.8. The Kier molecular flexibility index (Phi) is 5.76. The highest BCUT2D eigenvalue weighted by Crippen LogP contribution is 2.50. The molecule has 1 aromatic heterocycles. The van der Waals surface area contributed by atoms with E-state index in [-0.39, 0.29) is 29.7 Å². The molecular formula is C50H32O. The normalized spacial score (nSPS) is 12.9. The highest BCUT2D eigenvalue weighted by Gasteiger charge is 2.24. The Bertz CT molecular complexity index is 3040. The van der Waals surface area contributed by atoms with Gasteiger partial charge < -0.3 is 4.42 Å². The summed E-state index contributed by atoms with van der Waals surface area (Å²) in [7, 11) is 0. The van der Waals surface area contributed by atoms with Crippen LogP contribution in [0.25, 0.3) is 99.1 Å². The molecule has 1 heterocycles. The summed E-state index contributed by atoms with van der Waals surface area (Å²) < 4.78 is 49.3. The van der Waals surface area contributed by atoms with E-state index in [1.54, 1.807) is 6.07 Å². The van der Waals surface area contributed by atoms with E-state index in [9.17, 15) is 0 Å². The summed E-state index contributed by atoms with van der Waals surface area (Å²) in [4.78, 5) is 0. The molecule has 0 N–H and O–H groups in total. The topological polar surface area (TPSA) is 13.1 Å². The van der Waals surface area contributed by atoms with E-state index in [2.05, 4.69) is 133 Å². The van der Waals surface area contributed by atoms with Crippen LogP contribution in [0.15, 0.2) is 198 Å². The lowest BCUT2D eigenvalue weighted by Gasteiger charge is -2.22. The number of fused-ring (bicyclic) bond motifs is 5. The fraction of sp³-hybridized carbons (Fsp3) is 0. The molecule has 0 bridgehead atoms. The molecule has 0 atom stereocenters. The molecule has 0 fully saturated rings. The van der Waals surface area contributed by atoms with Crippen molar-refractivity contribution in [3.8, 4) is 55.6 Å². The minimum atomic E-state index is -0.424. The van der Waals surface area contributed by atoms with Crippen LogP contribution in [-0.2, 0) is 0 Å². The Balaban J connectivity index is 1.31. The van der Waals surface area contributed by atoms with Crippen LogP contribution >= 0.6 is 0 Å². The lowest BCUT2D eigenvalue weighted by atomic mass is 9.81. The summed E-state index contributed by atoms with van der Waals surface area (Å²) in [5.74, 6) is 0. The fourth-order valence-corrected chi connectivity index (χ4v) is 7.82. The monoisotopic (exact) mass is 653 g/mol. The maximum atomic E-state index is 8.76. The van der Waals surface area contributed by atoms with Gasteiger partial charge in [-0.2, -0.15) is 0 Å². The molecule has 0 unspecified atom stereocenters. The van der Waals surface area contributed by atoms with Gasteiger partial charge in [0.05, 0.1) is 6.85 Å². The van der Waals surface area contributed by atoms with Gasteiger partial charge in [-0.15, -0.1) is 0 Å². The van der Waals surface area contributed by atoms with E-state index in [1.807, 2.05) is 24.3 Å². The summed E-state index contributed by atoms with van der Waals surface area (Å²) in [5.41, 5.74) is 10.5. The average molecular weight is 654 g/mol. The molecule has 0 saturated carbocycles. The van der Waals surface area contributed by atoms with Gasteiger partial charge in [-0.05, 0) is 60.5 Å². The number of benzene rings is 9. The largest absolute Gasteiger partial charge is 0.455 e. The molecule has 10 rings (SSSR count). The molecule has 238 valence electrons. The van der Waals surface area contributed by atoms with Gasteiger partial charge in [0.15, 0.2) is 0 Å². The van der Waals surface area contributed by atoms with Crippen molar-refractivity contribution in [3.63, 3.8) is 0 Å². The molecule has 0 saturated heterocycles. The Morgan fingerprint density at radius 3 is 1.25 bits per heavy atom. The van der Waals surface area contributed by atoms with Crippen LogP contribution in [0.3, 0.4) is 0 Å². The fourth-order valence-electron chi connectivity index (χ4n) is 7.82. The van der Waals surface area contributed by atoms with Crippen molar-refractivity contribution in [2.45, 2.75) is 0 Å². The summed E-state index contributed by atoms with van der Waals surface area (Å²) in [5, 5.41) is 6.04. The Labute approximate surface area is 303 Å². The van der Waals surface area contributed by atoms with E-state index in [0.717, 1.165) is 76.8 Å². The van der Waals surface area contributed by atoms with Crippen molar-refractivity contribution in [3.05, 3.63) is 194 Å². The third-order valence-corrected chi connectivity index (χ3v) is 9.98. The molecule has 0 aliphatic heterocycles. The van der Waals surface area contributed by atoms with Crippen molar-refractivity contribution < 1.29 is 11.3 Å². The maximum Gasteiger partial charge on any atom is 0.143 e. The van der Waals surface area contributed by atoms with Crippen molar-refractivity contribution in [2.75, 3.05) is 0 Å². The molecule has 0 aliphatic rings. The Morgan fingerprint density at radius 2 is 0.706 bits per heavy atom. The molecule has 0 spiro atoms. The lowest BCUT2D eigenvalue weighted by molar-refractivity contribution is 0.671. The SMILES string of the molecule is [2H]c1c([2H])c([2H])c(-c2cccc3c2oc2c(-c4c5ccccc5c(-c5c(-c6ccccc6)cccc5-c5ccccc5)c5ccccc45)cccc23)c([2H])c1[2H]. The zero-order valence-corrected chi connectivity index (χ0v) is 27.5. The van der Waals surface area contributed by atoms with Gasteiger partial charge in [0, 0.05) is 27.5 Å². The zero-order chi connectivity index (χ0) is 38.1. The first-order valence-electron chi connectivity index (χ1n) is 19.6. The standard InChI is InChI=1S/C50H32O/c1-4-17-33(18-5-1)36-27-14-28-37(34-19-6-2-7-20-34)47(36)48-41-25-12-10-23-39(41)46(40-24-11-13-26-42(40)48)45-32-16-31-44-43-30-15-29-38(49(43)51-50(44)45)35-21-8-3-9-22-35/h1-32H/i3D,8D,9D,21D,22D. The molecule has 1 nitrogen and oxygen atoms in total. The quantitative estimate of drug-likeness (QED) is 0.169. The summed E-state index contributed by atoms with van der Waals surface area (Å²) in [6.45, 7) is 0. The van der Waals surface area contributed by atoms with E-state index >= 15 is 0 Å². The van der Waals surface area contributed by atoms with Crippen LogP contribution in [0.1, 0.15) is 6.85 Å². The van der Waals surface area contributed by atoms with Crippen LogP contribution in [0.5, 0.6) is 0 Å². The molecule has 0 aliphatic carbocycles. The second kappa shape index (κ2) is 12.0. The number of rotatable bonds is 5. The van der Waals surface area contributed by atoms with E-state index in [4.69, 9.17) is 11.3 Å². The van der Waals surface area contributed by atoms with Gasteiger partial charge in [0.25, 0.3) is 0 Å². The van der Waals surface area contributed by atoms with Gasteiger partial charge in [0.2, 0.25) is 0 Å². The third-order valence-electron chi connectivity index (χ3n) is 9.98. The predicted octanol–water partition coefficient (Wildman–Crippen LogP) is 14.2. The summed E-state index contributed by atoms with van der Waals surface area (Å²) >= 11 is 0. The van der Waals surface area contributed by atoms with Crippen molar-refractivity contribution >= 4 is 43.5 Å². The van der Waals surface area contributed by atoms with Gasteiger partial charge in [0.1, 0.15) is 11.2 Å². The number of para-hydroxylation sites is 2. The Morgan fingerprint density at radius 1 is 0.294 bits per heavy atom. The molecule has 9 aromatic carbocycles. The van der Waals surface area contributed by atoms with Crippen LogP contribution in [0.4, 0.5) is 0 Å². The molecular weight excluding hydrogens is 617 g/mol. The molecule has 1 heteroatoms. The van der Waals surface area contributed by atoms with Crippen LogP contribution < -0.4 is 0 Å². The van der Waals surface area contributed by atoms with Crippen LogP contribution in [0.2, 0.25) is 0 Å². The van der Waals surface area contributed by atoms with Gasteiger partial charge in [-0.25, -0.2) is 0 Å². The van der Waals surface area contributed by atoms with Crippen molar-refractivity contribution in [1.82, 2.24) is 0 Å². The number of hydrogen-bond acceptors (Lipinski definition) is 1. The molecule has 0 amide bonds. The first kappa shape index (κ1) is 24.4. The average Bonchev–Trinajstić information content (AvgIpc) is 3.64. The lowest BCUT2D eigenvalue weighted by Crippen LogP contribution is -1.95. The van der Waals surface area contributed by atoms with E-state index < -0.39 is 6.04 Å². The third kappa shape index (κ3) is 4.70. The minimum Gasteiger partial charge on any atom is -0.455 e. The van der Waals surface area contributed by atoms with Gasteiger partial charge in [-0.3, -0.25) is 0 Å². The van der Waals surface area contributed by atoms with Crippen LogP contribution in [0, 0.1) is 0 Å². The number of furan rings is 1. The predicted molar refractivity (Wildman–Crippen MR) is 216 cm³/mol. The smallest absolute Gasteiger partial charge is 0.143 e. The minimum absolute atomic E-state index is 0.119. The summed E-state index contributed by atoms with van der Waals surface area (Å²) in [6.07, 6.45) is 0. The van der Waals surface area contributed by atoms with Crippen molar-refractivity contribution in [1.29, 1.82) is 0 Å².